The second kappa shape index (κ2) is 30.1. The van der Waals surface area contributed by atoms with Gasteiger partial charge in [0.15, 0.2) is 10.3 Å². The Bertz CT molecular complexity index is 2640. The SMILES string of the molecule is CC(C)C(=O)O.CNC(=O)c1cc(Oc2ccc3nc(NC4CCC(N)CC4)sc3c2)ccn1.CNC(=O)c1cc(Oc2ccc3nc(NC4CCC(NC(=O)C(C)C)CC4)sc3c2)ccn1.S.S.S.S. The number of nitrogens with zero attached hydrogens (tertiary/aromatic N) is 4. The molecule has 0 spiro atoms. The topological polar surface area (TPSA) is 245 Å². The van der Waals surface area contributed by atoms with Gasteiger partial charge in [0.05, 0.1) is 26.4 Å². The first-order chi connectivity index (χ1) is 32.2. The minimum atomic E-state index is -0.741. The van der Waals surface area contributed by atoms with Crippen molar-refractivity contribution in [2.24, 2.45) is 17.6 Å². The highest BCUT2D eigenvalue weighted by Crippen LogP contribution is 2.35. The summed E-state index contributed by atoms with van der Waals surface area (Å²) in [6.07, 6.45) is 11.4. The summed E-state index contributed by atoms with van der Waals surface area (Å²) in [7, 11) is 3.14. The molecule has 0 radical (unpaired) electrons. The molecule has 0 aliphatic heterocycles. The van der Waals surface area contributed by atoms with Crippen molar-refractivity contribution in [1.82, 2.24) is 35.9 Å². The lowest BCUT2D eigenvalue weighted by atomic mass is 9.91. The fraction of sp³-hybridized carbons (Fsp3) is 0.417. The Kier molecular flexibility index (Phi) is 26.3. The predicted octanol–water partition coefficient (Wildman–Crippen LogP) is 9.04. The molecular weight excluding hydrogens is 1020 g/mol. The molecule has 0 atom stereocenters. The monoisotopic (exact) mass is 1090 g/mol. The number of carboxylic acids is 1. The molecule has 8 N–H and O–H groups in total. The number of aliphatic carboxylic acids is 1. The number of aromatic nitrogens is 4. The standard InChI is InChI=1S/C24H29N5O3S.C20H23N5O2S.C4H8O2.4H2S/c1-14(2)22(30)27-15-4-6-16(7-5-15)28-24-29-19-9-8-17(13-21(19)33-24)32-18-10-11-26-20(12-18)23(31)25-3;1-22-19(26)17-10-15(8-9-23-17)27-14-6-7-16-18(11-14)28-20(25-16)24-13-4-2-12(21)3-5-13;1-3(2)4(5)6;;;;/h8-16H,4-7H2,1-3H3,(H,25,31)(H,27,30)(H,28,29);6-13H,2-5,21H2,1H3,(H,22,26)(H,24,25);3H,1-2H3,(H,5,6);4*1H2. The van der Waals surface area contributed by atoms with E-state index in [4.69, 9.17) is 25.3 Å². The maximum absolute atomic E-state index is 11.9. The van der Waals surface area contributed by atoms with Gasteiger partial charge in [0.2, 0.25) is 5.91 Å². The zero-order valence-corrected chi connectivity index (χ0v) is 46.3. The van der Waals surface area contributed by atoms with Gasteiger partial charge in [-0.25, -0.2) is 9.97 Å². The molecule has 6 aromatic rings. The van der Waals surface area contributed by atoms with Gasteiger partial charge in [0.1, 0.15) is 34.4 Å². The van der Waals surface area contributed by atoms with Crippen LogP contribution in [0.25, 0.3) is 20.4 Å². The number of pyridine rings is 2. The van der Waals surface area contributed by atoms with E-state index >= 15 is 0 Å². The minimum Gasteiger partial charge on any atom is -0.481 e. The fourth-order valence-corrected chi connectivity index (χ4v) is 9.09. The fourth-order valence-electron chi connectivity index (χ4n) is 7.15. The zero-order valence-electron chi connectivity index (χ0n) is 40.6. The summed E-state index contributed by atoms with van der Waals surface area (Å²) < 4.78 is 13.9. The smallest absolute Gasteiger partial charge is 0.305 e. The van der Waals surface area contributed by atoms with Gasteiger partial charge in [-0.15, -0.1) is 0 Å². The van der Waals surface area contributed by atoms with Crippen LogP contribution < -0.4 is 41.8 Å². The maximum atomic E-state index is 11.9. The molecule has 2 saturated carbocycles. The Morgan fingerprint density at radius 2 is 0.972 bits per heavy atom. The van der Waals surface area contributed by atoms with Gasteiger partial charge in [-0.2, -0.15) is 54.0 Å². The third kappa shape index (κ3) is 18.8. The van der Waals surface area contributed by atoms with Gasteiger partial charge in [-0.05, 0) is 87.8 Å². The highest BCUT2D eigenvalue weighted by atomic mass is 32.1. The van der Waals surface area contributed by atoms with Crippen LogP contribution >= 0.6 is 76.7 Å². The predicted molar refractivity (Wildman–Crippen MR) is 305 cm³/mol. The average Bonchev–Trinajstić information content (AvgIpc) is 3.92. The molecule has 23 heteroatoms. The number of hydrogen-bond donors (Lipinski definition) is 7. The molecule has 388 valence electrons. The molecule has 2 fully saturated rings. The van der Waals surface area contributed by atoms with E-state index in [2.05, 4.69) is 41.5 Å². The van der Waals surface area contributed by atoms with Gasteiger partial charge in [0, 0.05) is 80.8 Å². The van der Waals surface area contributed by atoms with Crippen LogP contribution in [0, 0.1) is 11.8 Å². The lowest BCUT2D eigenvalue weighted by Gasteiger charge is -2.30. The van der Waals surface area contributed by atoms with Gasteiger partial charge in [0.25, 0.3) is 11.8 Å². The number of thiazole rings is 2. The molecule has 2 aliphatic rings. The van der Waals surface area contributed by atoms with Crippen LogP contribution in [0.4, 0.5) is 10.3 Å². The lowest BCUT2D eigenvalue weighted by molar-refractivity contribution is -0.140. The number of carbonyl (C=O) groups is 4. The first-order valence-electron chi connectivity index (χ1n) is 22.5. The molecule has 0 unspecified atom stereocenters. The molecule has 4 heterocycles. The highest BCUT2D eigenvalue weighted by molar-refractivity contribution is 7.59. The number of carbonyl (C=O) groups excluding carboxylic acids is 3. The van der Waals surface area contributed by atoms with E-state index in [0.717, 1.165) is 82.1 Å². The van der Waals surface area contributed by atoms with Crippen molar-refractivity contribution < 1.29 is 33.8 Å². The van der Waals surface area contributed by atoms with Crippen molar-refractivity contribution in [2.45, 2.75) is 103 Å². The summed E-state index contributed by atoms with van der Waals surface area (Å²) in [5, 5.41) is 25.2. The van der Waals surface area contributed by atoms with Crippen molar-refractivity contribution in [3.63, 3.8) is 0 Å². The lowest BCUT2D eigenvalue weighted by Crippen LogP contribution is -2.41. The van der Waals surface area contributed by atoms with Crippen molar-refractivity contribution in [2.75, 3.05) is 24.7 Å². The van der Waals surface area contributed by atoms with Crippen LogP contribution in [0.15, 0.2) is 73.1 Å². The highest BCUT2D eigenvalue weighted by Gasteiger charge is 2.24. The number of fused-ring (bicyclic) bond motifs is 2. The van der Waals surface area contributed by atoms with E-state index in [1.807, 2.05) is 50.2 Å². The van der Waals surface area contributed by atoms with E-state index in [0.29, 0.717) is 52.5 Å². The van der Waals surface area contributed by atoms with Crippen molar-refractivity contribution >= 4 is 131 Å². The van der Waals surface area contributed by atoms with E-state index in [1.54, 1.807) is 87.3 Å². The minimum absolute atomic E-state index is 0. The van der Waals surface area contributed by atoms with Gasteiger partial charge in [-0.1, -0.05) is 50.4 Å². The summed E-state index contributed by atoms with van der Waals surface area (Å²) in [5.41, 5.74) is 8.45. The Labute approximate surface area is 450 Å². The van der Waals surface area contributed by atoms with Crippen molar-refractivity contribution in [1.29, 1.82) is 0 Å². The second-order valence-corrected chi connectivity index (χ2v) is 19.1. The summed E-state index contributed by atoms with van der Waals surface area (Å²) in [6, 6.07) is 19.6. The molecule has 17 nitrogen and oxygen atoms in total. The van der Waals surface area contributed by atoms with Crippen LogP contribution in [0.5, 0.6) is 23.0 Å². The van der Waals surface area contributed by atoms with Crippen LogP contribution in [0.3, 0.4) is 0 Å². The van der Waals surface area contributed by atoms with Gasteiger partial charge < -0.3 is 46.9 Å². The number of benzene rings is 2. The molecule has 0 saturated heterocycles. The van der Waals surface area contributed by atoms with Gasteiger partial charge in [-0.3, -0.25) is 29.1 Å². The zero-order chi connectivity index (χ0) is 48.0. The van der Waals surface area contributed by atoms with Crippen LogP contribution in [0.1, 0.15) is 100 Å². The summed E-state index contributed by atoms with van der Waals surface area (Å²) >= 11 is 3.21. The maximum Gasteiger partial charge on any atom is 0.305 e. The largest absolute Gasteiger partial charge is 0.481 e. The molecule has 2 aliphatic carbocycles. The van der Waals surface area contributed by atoms with E-state index < -0.39 is 5.97 Å². The van der Waals surface area contributed by atoms with Crippen LogP contribution in [0.2, 0.25) is 0 Å². The third-order valence-corrected chi connectivity index (χ3v) is 13.0. The first-order valence-corrected chi connectivity index (χ1v) is 24.1. The molecule has 0 bridgehead atoms. The Morgan fingerprint density at radius 1 is 0.592 bits per heavy atom. The Hall–Kier alpha value is -5.04. The quantitative estimate of drug-likeness (QED) is 0.0571. The third-order valence-electron chi connectivity index (χ3n) is 11.1. The molecule has 4 aromatic heterocycles. The molecule has 71 heavy (non-hydrogen) atoms. The number of nitrogens with two attached hydrogens (primary N) is 1. The second-order valence-electron chi connectivity index (χ2n) is 17.0. The molecule has 3 amide bonds. The van der Waals surface area contributed by atoms with Crippen LogP contribution in [-0.2, 0) is 9.59 Å². The van der Waals surface area contributed by atoms with E-state index in [-0.39, 0.29) is 89.6 Å². The van der Waals surface area contributed by atoms with E-state index in [1.165, 1.54) is 0 Å². The number of amides is 3. The molecule has 2 aromatic carbocycles. The van der Waals surface area contributed by atoms with Crippen molar-refractivity contribution in [3.8, 4) is 23.0 Å². The number of rotatable bonds is 13. The van der Waals surface area contributed by atoms with Crippen molar-refractivity contribution in [3.05, 3.63) is 84.4 Å². The number of hydrogen-bond acceptors (Lipinski definition) is 15. The Morgan fingerprint density at radius 3 is 1.35 bits per heavy atom. The number of nitrogens with one attached hydrogen (secondary N) is 5. The normalized spacial score (nSPS) is 16.9. The molecular formula is C48H68N10O7S6. The van der Waals surface area contributed by atoms with Crippen LogP contribution in [-0.4, -0.2) is 87.0 Å². The average molecular weight is 1090 g/mol. The number of carboxylic acid groups (broad SMARTS) is 1. The van der Waals surface area contributed by atoms with E-state index in [9.17, 15) is 19.2 Å². The molecule has 8 rings (SSSR count). The summed E-state index contributed by atoms with van der Waals surface area (Å²) in [5.74, 6) is 1.16. The summed E-state index contributed by atoms with van der Waals surface area (Å²) in [6.45, 7) is 7.13. The first kappa shape index (κ1) is 62.1. The van der Waals surface area contributed by atoms with Gasteiger partial charge >= 0.3 is 5.97 Å². The number of anilines is 2. The Balaban J connectivity index is 0.000000419. The number of ether oxygens (including phenoxy) is 2. The summed E-state index contributed by atoms with van der Waals surface area (Å²) in [4.78, 5) is 62.6.